The summed E-state index contributed by atoms with van der Waals surface area (Å²) in [4.78, 5) is 9.17. The third-order valence-corrected chi connectivity index (χ3v) is 7.26. The lowest BCUT2D eigenvalue weighted by Crippen LogP contribution is -2.31. The molecule has 23 heavy (non-hydrogen) atoms. The minimum atomic E-state index is -0.108. The summed E-state index contributed by atoms with van der Waals surface area (Å²) in [6.45, 7) is 4.79. The molecule has 1 aliphatic heterocycles. The van der Waals surface area contributed by atoms with E-state index in [2.05, 4.69) is 29.1 Å². The Morgan fingerprint density at radius 2 is 1.96 bits per heavy atom. The largest absolute Gasteiger partial charge is 0.393 e. The zero-order valence-corrected chi connectivity index (χ0v) is 14.9. The van der Waals surface area contributed by atoms with Gasteiger partial charge in [0.15, 0.2) is 0 Å². The van der Waals surface area contributed by atoms with E-state index >= 15 is 0 Å². The van der Waals surface area contributed by atoms with E-state index in [1.54, 1.807) is 6.33 Å². The Labute approximate surface area is 142 Å². The van der Waals surface area contributed by atoms with E-state index < -0.39 is 0 Å². The van der Waals surface area contributed by atoms with Crippen LogP contribution in [-0.2, 0) is 0 Å². The highest BCUT2D eigenvalue weighted by Gasteiger charge is 2.43. The fraction of sp³-hybridized carbons (Fsp3) is 0.778. The summed E-state index contributed by atoms with van der Waals surface area (Å²) < 4.78 is 0. The van der Waals surface area contributed by atoms with Gasteiger partial charge in [-0.05, 0) is 50.4 Å². The number of nitrogens with zero attached hydrogens (tertiary/aromatic N) is 2. The lowest BCUT2D eigenvalue weighted by atomic mass is 9.70. The van der Waals surface area contributed by atoms with Crippen molar-refractivity contribution in [3.05, 3.63) is 11.9 Å². The molecule has 0 bridgehead atoms. The summed E-state index contributed by atoms with van der Waals surface area (Å²) in [5, 5.41) is 15.3. The number of aliphatic hydroxyl groups excluding tert-OH is 1. The molecule has 0 spiro atoms. The molecule has 1 aromatic heterocycles. The van der Waals surface area contributed by atoms with Gasteiger partial charge in [0.1, 0.15) is 17.2 Å². The highest BCUT2D eigenvalue weighted by Crippen LogP contribution is 2.56. The molecule has 2 atom stereocenters. The predicted molar refractivity (Wildman–Crippen MR) is 93.9 cm³/mol. The predicted octanol–water partition coefficient (Wildman–Crippen LogP) is 3.96. The van der Waals surface area contributed by atoms with E-state index in [1.165, 1.54) is 29.9 Å². The second-order valence-corrected chi connectivity index (χ2v) is 9.49. The van der Waals surface area contributed by atoms with Crippen LogP contribution in [0.3, 0.4) is 0 Å². The van der Waals surface area contributed by atoms with E-state index in [0.717, 1.165) is 31.5 Å². The van der Waals surface area contributed by atoms with Gasteiger partial charge in [0.05, 0.1) is 6.10 Å². The molecule has 2 heterocycles. The molecular formula is C18H27N3OS. The first-order valence-corrected chi connectivity index (χ1v) is 9.86. The first-order chi connectivity index (χ1) is 11.0. The van der Waals surface area contributed by atoms with Crippen LogP contribution >= 0.6 is 11.8 Å². The monoisotopic (exact) mass is 333 g/mol. The zero-order valence-electron chi connectivity index (χ0n) is 14.1. The van der Waals surface area contributed by atoms with Crippen molar-refractivity contribution in [3.63, 3.8) is 0 Å². The third-order valence-electron chi connectivity index (χ3n) is 5.85. The fourth-order valence-corrected chi connectivity index (χ4v) is 5.87. The highest BCUT2D eigenvalue weighted by atomic mass is 32.2. The van der Waals surface area contributed by atoms with Crippen molar-refractivity contribution in [2.24, 2.45) is 5.41 Å². The Bertz CT molecular complexity index is 584. The molecule has 2 unspecified atom stereocenters. The molecule has 0 radical (unpaired) electrons. The van der Waals surface area contributed by atoms with Gasteiger partial charge >= 0.3 is 0 Å². The van der Waals surface area contributed by atoms with Crippen molar-refractivity contribution in [1.29, 1.82) is 0 Å². The van der Waals surface area contributed by atoms with E-state index in [9.17, 15) is 5.11 Å². The fourth-order valence-electron chi connectivity index (χ4n) is 4.47. The average molecular weight is 334 g/mol. The molecule has 0 saturated heterocycles. The Hall–Kier alpha value is -0.810. The van der Waals surface area contributed by atoms with Crippen LogP contribution in [0.2, 0.25) is 0 Å². The zero-order chi connectivity index (χ0) is 16.0. The average Bonchev–Trinajstić information content (AvgIpc) is 2.87. The van der Waals surface area contributed by atoms with Crippen LogP contribution < -0.4 is 5.32 Å². The molecular weight excluding hydrogens is 306 g/mol. The Morgan fingerprint density at radius 3 is 2.74 bits per heavy atom. The van der Waals surface area contributed by atoms with Gasteiger partial charge in [0, 0.05) is 22.8 Å². The number of hydrogen-bond acceptors (Lipinski definition) is 5. The van der Waals surface area contributed by atoms with E-state index in [-0.39, 0.29) is 6.10 Å². The number of anilines is 1. The summed E-state index contributed by atoms with van der Waals surface area (Å²) in [5.74, 6) is 1.66. The summed E-state index contributed by atoms with van der Waals surface area (Å²) in [6, 6.07) is 0.443. The first kappa shape index (κ1) is 15.7. The van der Waals surface area contributed by atoms with E-state index in [1.807, 2.05) is 11.8 Å². The van der Waals surface area contributed by atoms with Crippen LogP contribution in [0.1, 0.15) is 70.3 Å². The molecule has 2 saturated carbocycles. The second-order valence-electron chi connectivity index (χ2n) is 8.26. The van der Waals surface area contributed by atoms with E-state index in [4.69, 9.17) is 0 Å². The van der Waals surface area contributed by atoms with Crippen LogP contribution in [0.15, 0.2) is 11.4 Å². The van der Waals surface area contributed by atoms with Gasteiger partial charge in [0.2, 0.25) is 0 Å². The number of fused-ring (bicyclic) bond motifs is 3. The molecule has 4 rings (SSSR count). The maximum absolute atomic E-state index is 9.70. The molecule has 126 valence electrons. The van der Waals surface area contributed by atoms with Crippen molar-refractivity contribution < 1.29 is 5.11 Å². The van der Waals surface area contributed by atoms with Gasteiger partial charge in [0.25, 0.3) is 0 Å². The molecule has 1 aromatic rings. The number of aromatic nitrogens is 2. The lowest BCUT2D eigenvalue weighted by Gasteiger charge is -2.37. The number of rotatable bonds is 2. The molecule has 3 aliphatic rings. The summed E-state index contributed by atoms with van der Waals surface area (Å²) in [6.07, 6.45) is 9.32. The standard InChI is InChI=1S/C18H27N3OS/c1-18(2)8-7-14-13(9-18)15-16(19-10-20-17(15)23-14)21-11-3-5-12(22)6-4-11/h10-14,22H,3-9H2,1-2H3,(H,19,20,21). The normalized spacial score (nSPS) is 35.4. The van der Waals surface area contributed by atoms with Crippen LogP contribution in [-0.4, -0.2) is 32.5 Å². The van der Waals surface area contributed by atoms with Gasteiger partial charge in [-0.3, -0.25) is 0 Å². The first-order valence-electron chi connectivity index (χ1n) is 8.98. The molecule has 4 nitrogen and oxygen atoms in total. The highest BCUT2D eigenvalue weighted by molar-refractivity contribution is 8.00. The maximum Gasteiger partial charge on any atom is 0.134 e. The second kappa shape index (κ2) is 5.92. The SMILES string of the molecule is CC1(C)CCC2Sc3ncnc(NC4CCC(O)CC4)c3C2C1. The Kier molecular flexibility index (Phi) is 4.04. The van der Waals surface area contributed by atoms with E-state index in [0.29, 0.717) is 22.6 Å². The van der Waals surface area contributed by atoms with Crippen LogP contribution in [0.5, 0.6) is 0 Å². The van der Waals surface area contributed by atoms with Gasteiger partial charge in [-0.1, -0.05) is 13.8 Å². The van der Waals surface area contributed by atoms with Crippen molar-refractivity contribution in [2.45, 2.75) is 87.1 Å². The van der Waals surface area contributed by atoms with Crippen LogP contribution in [0.25, 0.3) is 0 Å². The van der Waals surface area contributed by atoms with Crippen LogP contribution in [0, 0.1) is 5.41 Å². The molecule has 2 N–H and O–H groups in total. The smallest absolute Gasteiger partial charge is 0.134 e. The maximum atomic E-state index is 9.70. The summed E-state index contributed by atoms with van der Waals surface area (Å²) >= 11 is 1.97. The molecule has 2 fully saturated rings. The van der Waals surface area contributed by atoms with Crippen LogP contribution in [0.4, 0.5) is 5.82 Å². The minimum Gasteiger partial charge on any atom is -0.393 e. The minimum absolute atomic E-state index is 0.108. The van der Waals surface area contributed by atoms with Crippen molar-refractivity contribution >= 4 is 17.6 Å². The molecule has 2 aliphatic carbocycles. The third kappa shape index (κ3) is 3.10. The molecule has 0 aromatic carbocycles. The Morgan fingerprint density at radius 1 is 1.17 bits per heavy atom. The number of nitrogens with one attached hydrogen (secondary N) is 1. The van der Waals surface area contributed by atoms with Gasteiger partial charge in [-0.15, -0.1) is 11.8 Å². The van der Waals surface area contributed by atoms with Crippen molar-refractivity contribution in [2.75, 3.05) is 5.32 Å². The summed E-state index contributed by atoms with van der Waals surface area (Å²) in [7, 11) is 0. The number of thioether (sulfide) groups is 1. The number of hydrogen-bond donors (Lipinski definition) is 2. The quantitative estimate of drug-likeness (QED) is 0.802. The number of aliphatic hydroxyl groups is 1. The van der Waals surface area contributed by atoms with Crippen molar-refractivity contribution in [1.82, 2.24) is 9.97 Å². The van der Waals surface area contributed by atoms with Gasteiger partial charge in [-0.2, -0.15) is 0 Å². The molecule has 0 amide bonds. The topological polar surface area (TPSA) is 58.0 Å². The van der Waals surface area contributed by atoms with Gasteiger partial charge < -0.3 is 10.4 Å². The van der Waals surface area contributed by atoms with Gasteiger partial charge in [-0.25, -0.2) is 9.97 Å². The lowest BCUT2D eigenvalue weighted by molar-refractivity contribution is 0.126. The van der Waals surface area contributed by atoms with Crippen molar-refractivity contribution in [3.8, 4) is 0 Å². The summed E-state index contributed by atoms with van der Waals surface area (Å²) in [5.41, 5.74) is 1.80. The molecule has 5 heteroatoms. The Balaban J connectivity index is 1.57.